The van der Waals surface area contributed by atoms with E-state index >= 15 is 0 Å². The Bertz CT molecular complexity index is 2650. The van der Waals surface area contributed by atoms with Crippen LogP contribution in [0.2, 0.25) is 0 Å². The molecule has 9 rings (SSSR count). The Morgan fingerprint density at radius 3 is 2.24 bits per heavy atom. The molecule has 0 amide bonds. The molecule has 6 aromatic rings. The molecule has 0 saturated heterocycles. The molecular weight excluding hydrogens is 671 g/mol. The number of hydrogen-bond donors (Lipinski definition) is 2. The number of benzene rings is 5. The Hall–Kier alpha value is -6.46. The number of aromatic nitrogens is 1. The van der Waals surface area contributed by atoms with Crippen molar-refractivity contribution in [1.29, 1.82) is 5.41 Å². The average molecular weight is 716 g/mol. The third kappa shape index (κ3) is 6.79. The van der Waals surface area contributed by atoms with Gasteiger partial charge in [-0.3, -0.25) is 5.41 Å². The van der Waals surface area contributed by atoms with Crippen molar-refractivity contribution in [1.82, 2.24) is 9.88 Å². The Morgan fingerprint density at radius 2 is 1.47 bits per heavy atom. The van der Waals surface area contributed by atoms with Crippen molar-refractivity contribution in [2.45, 2.75) is 44.7 Å². The van der Waals surface area contributed by atoms with Crippen LogP contribution in [0.5, 0.6) is 0 Å². The smallest absolute Gasteiger partial charge is 0.154 e. The van der Waals surface area contributed by atoms with Crippen molar-refractivity contribution in [2.24, 2.45) is 4.99 Å². The van der Waals surface area contributed by atoms with Gasteiger partial charge in [-0.2, -0.15) is 0 Å². The third-order valence-corrected chi connectivity index (χ3v) is 11.1. The number of fused-ring (bicyclic) bond motifs is 4. The van der Waals surface area contributed by atoms with Gasteiger partial charge in [0.15, 0.2) is 5.84 Å². The quantitative estimate of drug-likeness (QED) is 0.122. The van der Waals surface area contributed by atoms with Crippen LogP contribution in [0, 0.1) is 5.41 Å². The summed E-state index contributed by atoms with van der Waals surface area (Å²) < 4.78 is 2.55. The van der Waals surface area contributed by atoms with Crippen LogP contribution in [0.1, 0.15) is 54.8 Å². The normalized spacial score (nSPS) is 17.0. The summed E-state index contributed by atoms with van der Waals surface area (Å²) in [6.45, 7) is 0.614. The molecule has 0 saturated carbocycles. The highest BCUT2D eigenvalue weighted by Crippen LogP contribution is 2.44. The van der Waals surface area contributed by atoms with Crippen molar-refractivity contribution >= 4 is 55.5 Å². The molecule has 2 N–H and O–H groups in total. The van der Waals surface area contributed by atoms with E-state index in [1.54, 1.807) is 0 Å². The second-order valence-electron chi connectivity index (χ2n) is 14.6. The molecule has 1 unspecified atom stereocenters. The molecule has 5 heteroatoms. The molecule has 3 aliphatic carbocycles. The van der Waals surface area contributed by atoms with Crippen molar-refractivity contribution in [3.63, 3.8) is 0 Å². The minimum absolute atomic E-state index is 0.204. The first kappa shape index (κ1) is 34.3. The van der Waals surface area contributed by atoms with Gasteiger partial charge in [0.2, 0.25) is 0 Å². The zero-order chi connectivity index (χ0) is 37.1. The molecule has 0 radical (unpaired) electrons. The van der Waals surface area contributed by atoms with E-state index in [9.17, 15) is 5.41 Å². The number of anilines is 1. The Morgan fingerprint density at radius 1 is 0.764 bits per heavy atom. The molecule has 1 atom stereocenters. The number of allylic oxidation sites excluding steroid dienone is 9. The molecule has 5 nitrogen and oxygen atoms in total. The molecular formula is C50H45N5. The number of likely N-dealkylation sites (N-methyl/N-ethyl adjacent to an activating group) is 1. The molecule has 270 valence electrons. The number of hydrogen-bond acceptors (Lipinski definition) is 2. The fraction of sp³-hybridized carbons (Fsp3) is 0.160. The lowest BCUT2D eigenvalue weighted by Gasteiger charge is -2.28. The minimum atomic E-state index is 0.204. The molecule has 0 spiro atoms. The maximum absolute atomic E-state index is 9.63. The fourth-order valence-electron chi connectivity index (χ4n) is 8.27. The van der Waals surface area contributed by atoms with E-state index in [0.717, 1.165) is 65.6 Å². The van der Waals surface area contributed by atoms with Crippen molar-refractivity contribution in [3.8, 4) is 0 Å². The summed E-state index contributed by atoms with van der Waals surface area (Å²) in [6, 6.07) is 39.0. The molecule has 3 aliphatic rings. The van der Waals surface area contributed by atoms with Gasteiger partial charge in [0, 0.05) is 46.8 Å². The summed E-state index contributed by atoms with van der Waals surface area (Å²) in [5.41, 5.74) is 9.91. The number of nitrogens with one attached hydrogen (secondary N) is 2. The summed E-state index contributed by atoms with van der Waals surface area (Å²) in [6.07, 6.45) is 25.1. The van der Waals surface area contributed by atoms with E-state index in [1.165, 1.54) is 38.3 Å². The van der Waals surface area contributed by atoms with Crippen LogP contribution in [0.4, 0.5) is 5.69 Å². The van der Waals surface area contributed by atoms with Crippen molar-refractivity contribution in [3.05, 3.63) is 192 Å². The molecule has 0 bridgehead atoms. The molecule has 55 heavy (non-hydrogen) atoms. The van der Waals surface area contributed by atoms with Crippen LogP contribution in [-0.4, -0.2) is 23.3 Å². The highest BCUT2D eigenvalue weighted by Gasteiger charge is 2.26. The Labute approximate surface area is 323 Å². The first-order valence-electron chi connectivity index (χ1n) is 19.5. The van der Waals surface area contributed by atoms with Crippen LogP contribution < -0.4 is 10.2 Å². The summed E-state index contributed by atoms with van der Waals surface area (Å²) in [5, 5.41) is 18.1. The van der Waals surface area contributed by atoms with Gasteiger partial charge in [-0.05, 0) is 84.4 Å². The van der Waals surface area contributed by atoms with E-state index in [4.69, 9.17) is 4.99 Å². The van der Waals surface area contributed by atoms with Gasteiger partial charge in [0.25, 0.3) is 0 Å². The van der Waals surface area contributed by atoms with Crippen LogP contribution in [0.3, 0.4) is 0 Å². The summed E-state index contributed by atoms with van der Waals surface area (Å²) >= 11 is 0. The molecule has 0 fully saturated rings. The second-order valence-corrected chi connectivity index (χ2v) is 14.6. The topological polar surface area (TPSA) is 56.4 Å². The lowest BCUT2D eigenvalue weighted by Crippen LogP contribution is -2.25. The Kier molecular flexibility index (Phi) is 9.43. The van der Waals surface area contributed by atoms with E-state index in [0.29, 0.717) is 12.4 Å². The van der Waals surface area contributed by atoms with E-state index in [1.807, 2.05) is 24.3 Å². The predicted octanol–water partition coefficient (Wildman–Crippen LogP) is 12.0. The van der Waals surface area contributed by atoms with Crippen LogP contribution in [-0.2, 0) is 6.54 Å². The van der Waals surface area contributed by atoms with Crippen LogP contribution in [0.25, 0.3) is 38.2 Å². The minimum Gasteiger partial charge on any atom is -0.365 e. The molecule has 1 aromatic heterocycles. The van der Waals surface area contributed by atoms with Crippen LogP contribution in [0.15, 0.2) is 180 Å². The maximum Gasteiger partial charge on any atom is 0.154 e. The van der Waals surface area contributed by atoms with Gasteiger partial charge in [-0.1, -0.05) is 134 Å². The number of amidine groups is 2. The first-order chi connectivity index (χ1) is 27.1. The second kappa shape index (κ2) is 15.1. The lowest BCUT2D eigenvalue weighted by atomic mass is 9.88. The largest absolute Gasteiger partial charge is 0.365 e. The predicted molar refractivity (Wildman–Crippen MR) is 233 cm³/mol. The average Bonchev–Trinajstić information content (AvgIpc) is 3.56. The van der Waals surface area contributed by atoms with Gasteiger partial charge in [0.1, 0.15) is 5.84 Å². The highest BCUT2D eigenvalue weighted by molar-refractivity contribution is 6.20. The zero-order valence-electron chi connectivity index (χ0n) is 31.3. The molecule has 1 heterocycles. The van der Waals surface area contributed by atoms with Gasteiger partial charge >= 0.3 is 0 Å². The molecule has 5 aromatic carbocycles. The summed E-state index contributed by atoms with van der Waals surface area (Å²) in [4.78, 5) is 7.41. The monoisotopic (exact) mass is 715 g/mol. The van der Waals surface area contributed by atoms with Gasteiger partial charge < -0.3 is 14.8 Å². The van der Waals surface area contributed by atoms with Crippen LogP contribution >= 0.6 is 0 Å². The van der Waals surface area contributed by atoms with Crippen molar-refractivity contribution < 1.29 is 0 Å². The highest BCUT2D eigenvalue weighted by atomic mass is 15.1. The Balaban J connectivity index is 1.22. The maximum atomic E-state index is 9.63. The number of rotatable bonds is 8. The summed E-state index contributed by atoms with van der Waals surface area (Å²) in [7, 11) is 2.19. The van der Waals surface area contributed by atoms with Gasteiger partial charge in [-0.25, -0.2) is 4.99 Å². The zero-order valence-corrected chi connectivity index (χ0v) is 31.3. The van der Waals surface area contributed by atoms with Gasteiger partial charge in [-0.15, -0.1) is 0 Å². The summed E-state index contributed by atoms with van der Waals surface area (Å²) in [5.74, 6) is 0.943. The fourth-order valence-corrected chi connectivity index (χ4v) is 8.27. The number of aliphatic imine (C=N–C) groups is 1. The molecule has 0 aliphatic heterocycles. The third-order valence-electron chi connectivity index (χ3n) is 11.1. The first-order valence-corrected chi connectivity index (χ1v) is 19.5. The van der Waals surface area contributed by atoms with Gasteiger partial charge in [0.05, 0.1) is 22.8 Å². The van der Waals surface area contributed by atoms with E-state index in [2.05, 4.69) is 161 Å². The standard InChI is InChI=1S/C50H45N5/c1-54(39-24-10-4-11-25-39)46-33-48-45(43-30-37-22-14-15-23-38(37)31-47(43)55(48)40-26-12-5-13-27-40)32-44(46)41-28-16-17-29-42(41)49(51)53-50(36-20-8-3-9-21-36)52-34-35-18-6-2-7-19-35/h2-3,5-10,12-15,18-26,28-33,40H,4,11,16-17,27,34H2,1H3,(H2,51,52,53). The van der Waals surface area contributed by atoms with E-state index in [-0.39, 0.29) is 11.9 Å². The SMILES string of the molecule is CN(C1=CCCC=C1)c1cc2c(cc1C1=CCCC=C1C(=N)/N=C(\NCc1ccccc1)c1ccccc1)c1cc3ccccc3cc1n2C1C=CC=CC1. The van der Waals surface area contributed by atoms with Crippen molar-refractivity contribution in [2.75, 3.05) is 11.9 Å². The lowest BCUT2D eigenvalue weighted by molar-refractivity contribution is 0.648. The number of nitrogens with zero attached hydrogens (tertiary/aromatic N) is 3. The van der Waals surface area contributed by atoms with E-state index < -0.39 is 0 Å².